The Morgan fingerprint density at radius 1 is 1.18 bits per heavy atom. The standard InChI is InChI=1S/C11H21N5O/c1-2-13-9-8-10(16-11(12)15-9)14-6-4-3-5-7-17/h8,17H,2-7H2,1H3,(H4,12,13,14,15,16). The number of unbranched alkanes of at least 4 members (excludes halogenated alkanes) is 2. The Morgan fingerprint density at radius 3 is 2.53 bits per heavy atom. The summed E-state index contributed by atoms with van der Waals surface area (Å²) in [6.07, 6.45) is 2.85. The van der Waals surface area contributed by atoms with E-state index in [4.69, 9.17) is 10.8 Å². The van der Waals surface area contributed by atoms with Crippen LogP contribution in [0.4, 0.5) is 17.6 Å². The lowest BCUT2D eigenvalue weighted by atomic mass is 10.2. The molecule has 0 amide bonds. The Bertz CT molecular complexity index is 332. The van der Waals surface area contributed by atoms with Crippen molar-refractivity contribution in [3.05, 3.63) is 6.07 Å². The molecule has 0 atom stereocenters. The molecule has 0 aromatic carbocycles. The number of aliphatic hydroxyl groups excluding tert-OH is 1. The lowest BCUT2D eigenvalue weighted by Crippen LogP contribution is -2.08. The second-order valence-corrected chi connectivity index (χ2v) is 3.74. The fourth-order valence-electron chi connectivity index (χ4n) is 1.46. The maximum Gasteiger partial charge on any atom is 0.223 e. The van der Waals surface area contributed by atoms with E-state index >= 15 is 0 Å². The second kappa shape index (κ2) is 7.67. The van der Waals surface area contributed by atoms with E-state index in [9.17, 15) is 0 Å². The molecule has 0 aliphatic heterocycles. The maximum atomic E-state index is 8.65. The van der Waals surface area contributed by atoms with Gasteiger partial charge in [-0.05, 0) is 26.2 Å². The number of anilines is 3. The quantitative estimate of drug-likeness (QED) is 0.507. The number of rotatable bonds is 8. The van der Waals surface area contributed by atoms with Gasteiger partial charge in [-0.25, -0.2) is 0 Å². The van der Waals surface area contributed by atoms with Crippen LogP contribution in [0.1, 0.15) is 26.2 Å². The van der Waals surface area contributed by atoms with Crippen molar-refractivity contribution in [2.75, 3.05) is 36.1 Å². The van der Waals surface area contributed by atoms with Gasteiger partial charge in [0.05, 0.1) is 0 Å². The van der Waals surface area contributed by atoms with Gasteiger partial charge in [0.1, 0.15) is 11.6 Å². The molecule has 1 aromatic heterocycles. The van der Waals surface area contributed by atoms with Gasteiger partial charge in [0.25, 0.3) is 0 Å². The van der Waals surface area contributed by atoms with Crippen LogP contribution in [0.15, 0.2) is 6.07 Å². The van der Waals surface area contributed by atoms with E-state index in [2.05, 4.69) is 20.6 Å². The lowest BCUT2D eigenvalue weighted by Gasteiger charge is -2.08. The third-order valence-electron chi connectivity index (χ3n) is 2.24. The van der Waals surface area contributed by atoms with E-state index in [0.29, 0.717) is 0 Å². The molecule has 0 unspecified atom stereocenters. The maximum absolute atomic E-state index is 8.65. The minimum Gasteiger partial charge on any atom is -0.396 e. The average Bonchev–Trinajstić information content (AvgIpc) is 2.28. The predicted molar refractivity (Wildman–Crippen MR) is 70.0 cm³/mol. The molecule has 96 valence electrons. The summed E-state index contributed by atoms with van der Waals surface area (Å²) in [6, 6.07) is 1.84. The van der Waals surface area contributed by atoms with Gasteiger partial charge in [-0.3, -0.25) is 0 Å². The van der Waals surface area contributed by atoms with E-state index in [1.54, 1.807) is 0 Å². The molecule has 0 spiro atoms. The van der Waals surface area contributed by atoms with Crippen molar-refractivity contribution in [3.63, 3.8) is 0 Å². The van der Waals surface area contributed by atoms with E-state index in [1.807, 2.05) is 13.0 Å². The van der Waals surface area contributed by atoms with Gasteiger partial charge >= 0.3 is 0 Å². The van der Waals surface area contributed by atoms with Crippen molar-refractivity contribution in [2.45, 2.75) is 26.2 Å². The van der Waals surface area contributed by atoms with Crippen LogP contribution < -0.4 is 16.4 Å². The fourth-order valence-corrected chi connectivity index (χ4v) is 1.46. The lowest BCUT2D eigenvalue weighted by molar-refractivity contribution is 0.283. The molecule has 5 N–H and O–H groups in total. The van der Waals surface area contributed by atoms with Crippen molar-refractivity contribution in [1.82, 2.24) is 9.97 Å². The number of nitrogen functional groups attached to an aromatic ring is 1. The van der Waals surface area contributed by atoms with Gasteiger partial charge in [-0.1, -0.05) is 0 Å². The molecular weight excluding hydrogens is 218 g/mol. The first kappa shape index (κ1) is 13.5. The highest BCUT2D eigenvalue weighted by atomic mass is 16.2. The molecule has 0 bridgehead atoms. The van der Waals surface area contributed by atoms with Crippen LogP contribution in [0.2, 0.25) is 0 Å². The van der Waals surface area contributed by atoms with Crippen LogP contribution in [-0.4, -0.2) is 34.8 Å². The number of aromatic nitrogens is 2. The van der Waals surface area contributed by atoms with E-state index in [0.717, 1.165) is 44.0 Å². The summed E-state index contributed by atoms with van der Waals surface area (Å²) in [7, 11) is 0. The predicted octanol–water partition coefficient (Wildman–Crippen LogP) is 1.07. The van der Waals surface area contributed by atoms with E-state index in [1.165, 1.54) is 0 Å². The molecule has 0 saturated carbocycles. The molecule has 17 heavy (non-hydrogen) atoms. The number of hydrogen-bond acceptors (Lipinski definition) is 6. The summed E-state index contributed by atoms with van der Waals surface area (Å²) in [5.74, 6) is 1.73. The molecule has 0 aliphatic rings. The summed E-state index contributed by atoms with van der Waals surface area (Å²) in [5.41, 5.74) is 5.61. The van der Waals surface area contributed by atoms with Crippen molar-refractivity contribution < 1.29 is 5.11 Å². The summed E-state index contributed by atoms with van der Waals surface area (Å²) in [5, 5.41) is 14.9. The number of nitrogens with two attached hydrogens (primary N) is 1. The number of nitrogens with one attached hydrogen (secondary N) is 2. The van der Waals surface area contributed by atoms with Crippen molar-refractivity contribution >= 4 is 17.6 Å². The molecule has 0 radical (unpaired) electrons. The van der Waals surface area contributed by atoms with Crippen LogP contribution in [0.25, 0.3) is 0 Å². The van der Waals surface area contributed by atoms with Gasteiger partial charge in [-0.15, -0.1) is 0 Å². The molecule has 6 nitrogen and oxygen atoms in total. The average molecular weight is 239 g/mol. The molecule has 1 rings (SSSR count). The Morgan fingerprint density at radius 2 is 1.88 bits per heavy atom. The zero-order valence-corrected chi connectivity index (χ0v) is 10.2. The Labute approximate surface area is 102 Å². The van der Waals surface area contributed by atoms with Crippen molar-refractivity contribution in [1.29, 1.82) is 0 Å². The number of nitrogens with zero attached hydrogens (tertiary/aromatic N) is 2. The van der Waals surface area contributed by atoms with Crippen molar-refractivity contribution in [3.8, 4) is 0 Å². The summed E-state index contributed by atoms with van der Waals surface area (Å²) < 4.78 is 0. The topological polar surface area (TPSA) is 96.1 Å². The Hall–Kier alpha value is -1.56. The molecule has 0 aliphatic carbocycles. The monoisotopic (exact) mass is 239 g/mol. The highest BCUT2D eigenvalue weighted by Gasteiger charge is 2.00. The number of aliphatic hydroxyl groups is 1. The van der Waals surface area contributed by atoms with Gasteiger partial charge in [0, 0.05) is 25.8 Å². The highest BCUT2D eigenvalue weighted by molar-refractivity contribution is 5.50. The van der Waals surface area contributed by atoms with Crippen molar-refractivity contribution in [2.24, 2.45) is 0 Å². The molecule has 1 aromatic rings. The SMILES string of the molecule is CCNc1cc(NCCCCCO)nc(N)n1. The molecule has 0 saturated heterocycles. The third-order valence-corrected chi connectivity index (χ3v) is 2.24. The van der Waals surface area contributed by atoms with Crippen LogP contribution in [0, 0.1) is 0 Å². The largest absolute Gasteiger partial charge is 0.396 e. The van der Waals surface area contributed by atoms with Gasteiger partial charge in [-0.2, -0.15) is 9.97 Å². The van der Waals surface area contributed by atoms with Gasteiger partial charge in [0.15, 0.2) is 0 Å². The normalized spacial score (nSPS) is 10.2. The van der Waals surface area contributed by atoms with Crippen LogP contribution in [-0.2, 0) is 0 Å². The summed E-state index contributed by atoms with van der Waals surface area (Å²) in [6.45, 7) is 3.87. The minimum absolute atomic E-state index is 0.255. The Balaban J connectivity index is 2.41. The van der Waals surface area contributed by atoms with Gasteiger partial charge in [0.2, 0.25) is 5.95 Å². The Kier molecular flexibility index (Phi) is 6.09. The first-order chi connectivity index (χ1) is 8.26. The summed E-state index contributed by atoms with van der Waals surface area (Å²) >= 11 is 0. The molecule has 0 fully saturated rings. The van der Waals surface area contributed by atoms with Crippen LogP contribution >= 0.6 is 0 Å². The minimum atomic E-state index is 0.255. The highest BCUT2D eigenvalue weighted by Crippen LogP contribution is 2.12. The first-order valence-corrected chi connectivity index (χ1v) is 5.99. The molecule has 1 heterocycles. The summed E-state index contributed by atoms with van der Waals surface area (Å²) in [4.78, 5) is 8.16. The third kappa shape index (κ3) is 5.35. The van der Waals surface area contributed by atoms with Gasteiger partial charge < -0.3 is 21.5 Å². The van der Waals surface area contributed by atoms with Crippen LogP contribution in [0.5, 0.6) is 0 Å². The number of hydrogen-bond donors (Lipinski definition) is 4. The van der Waals surface area contributed by atoms with Crippen LogP contribution in [0.3, 0.4) is 0 Å². The zero-order valence-electron chi connectivity index (χ0n) is 10.2. The molecule has 6 heteroatoms. The molecular formula is C11H21N5O. The zero-order chi connectivity index (χ0) is 12.5. The smallest absolute Gasteiger partial charge is 0.223 e. The first-order valence-electron chi connectivity index (χ1n) is 5.99. The second-order valence-electron chi connectivity index (χ2n) is 3.74. The van der Waals surface area contributed by atoms with E-state index < -0.39 is 0 Å². The fraction of sp³-hybridized carbons (Fsp3) is 0.636. The van der Waals surface area contributed by atoms with E-state index in [-0.39, 0.29) is 12.6 Å².